The molecule has 2 aromatic rings. The fraction of sp³-hybridized carbons (Fsp3) is 0.286. The number of amides is 1. The van der Waals surface area contributed by atoms with Gasteiger partial charge < -0.3 is 14.8 Å². The van der Waals surface area contributed by atoms with Crippen molar-refractivity contribution in [1.29, 1.82) is 5.26 Å². The number of rotatable bonds is 7. The second-order valence-corrected chi connectivity index (χ2v) is 6.46. The van der Waals surface area contributed by atoms with Crippen LogP contribution in [-0.4, -0.2) is 24.6 Å². The first-order valence-corrected chi connectivity index (χ1v) is 8.64. The molecule has 0 heterocycles. The minimum absolute atomic E-state index is 0.314. The fourth-order valence-electron chi connectivity index (χ4n) is 2.13. The van der Waals surface area contributed by atoms with Crippen LogP contribution < -0.4 is 10.1 Å². The lowest BCUT2D eigenvalue weighted by Gasteiger charge is -2.14. The normalized spacial score (nSPS) is 11.4. The van der Waals surface area contributed by atoms with Crippen molar-refractivity contribution >= 4 is 17.6 Å². The zero-order valence-electron chi connectivity index (χ0n) is 15.6. The highest BCUT2D eigenvalue weighted by Crippen LogP contribution is 2.16. The predicted molar refractivity (Wildman–Crippen MR) is 101 cm³/mol. The Kier molecular flexibility index (Phi) is 6.95. The summed E-state index contributed by atoms with van der Waals surface area (Å²) in [6.45, 7) is 6.11. The van der Waals surface area contributed by atoms with E-state index in [1.54, 1.807) is 48.5 Å². The Balaban J connectivity index is 1.94. The molecular weight excluding hydrogens is 344 g/mol. The number of ether oxygens (including phenoxy) is 2. The Bertz CT molecular complexity index is 838. The van der Waals surface area contributed by atoms with Crippen molar-refractivity contribution in [3.8, 4) is 11.8 Å². The molecule has 1 N–H and O–H groups in total. The summed E-state index contributed by atoms with van der Waals surface area (Å²) >= 11 is 0. The van der Waals surface area contributed by atoms with Gasteiger partial charge in [0.2, 0.25) is 0 Å². The summed E-state index contributed by atoms with van der Waals surface area (Å²) in [5, 5.41) is 11.4. The summed E-state index contributed by atoms with van der Waals surface area (Å²) in [7, 11) is 0. The monoisotopic (exact) mass is 366 g/mol. The van der Waals surface area contributed by atoms with Crippen molar-refractivity contribution in [3.05, 3.63) is 59.7 Å². The molecule has 0 saturated heterocycles. The number of carbonyl (C=O) groups excluding carboxylic acids is 2. The van der Waals surface area contributed by atoms with Crippen LogP contribution >= 0.6 is 0 Å². The molecule has 2 rings (SSSR count). The average molecular weight is 366 g/mol. The van der Waals surface area contributed by atoms with Crippen molar-refractivity contribution in [2.75, 3.05) is 11.9 Å². The smallest absolute Gasteiger partial charge is 0.339 e. The molecule has 0 unspecified atom stereocenters. The Morgan fingerprint density at radius 2 is 1.81 bits per heavy atom. The zero-order chi connectivity index (χ0) is 19.8. The van der Waals surface area contributed by atoms with Crippen molar-refractivity contribution in [2.45, 2.75) is 26.9 Å². The Morgan fingerprint density at radius 3 is 2.44 bits per heavy atom. The Labute approximate surface area is 158 Å². The van der Waals surface area contributed by atoms with Gasteiger partial charge in [-0.3, -0.25) is 4.79 Å². The maximum Gasteiger partial charge on any atom is 0.339 e. The van der Waals surface area contributed by atoms with E-state index in [-0.39, 0.29) is 0 Å². The van der Waals surface area contributed by atoms with Crippen LogP contribution in [0, 0.1) is 17.2 Å². The van der Waals surface area contributed by atoms with Crippen molar-refractivity contribution in [3.63, 3.8) is 0 Å². The molecule has 1 atom stereocenters. The number of hydrogen-bond donors (Lipinski definition) is 1. The van der Waals surface area contributed by atoms with Crippen LogP contribution in [0.15, 0.2) is 48.5 Å². The van der Waals surface area contributed by atoms with Crippen molar-refractivity contribution in [1.82, 2.24) is 0 Å². The molecule has 0 radical (unpaired) electrons. The van der Waals surface area contributed by atoms with Crippen LogP contribution in [0.4, 0.5) is 5.69 Å². The molecule has 0 aliphatic heterocycles. The van der Waals surface area contributed by atoms with Gasteiger partial charge in [0.05, 0.1) is 23.8 Å². The summed E-state index contributed by atoms with van der Waals surface area (Å²) in [4.78, 5) is 24.5. The van der Waals surface area contributed by atoms with Gasteiger partial charge in [-0.1, -0.05) is 19.9 Å². The first-order chi connectivity index (χ1) is 12.9. The maximum atomic E-state index is 12.3. The number of anilines is 1. The standard InChI is InChI=1S/C21H22N2O4/c1-14(2)13-26-19-6-4-5-17(11-19)21(25)27-15(3)20(24)23-18-9-7-16(12-22)8-10-18/h4-11,14-15H,13H2,1-3H3,(H,23,24)/t15-/m1/s1. The lowest BCUT2D eigenvalue weighted by atomic mass is 10.2. The van der Waals surface area contributed by atoms with E-state index in [1.807, 2.05) is 19.9 Å². The van der Waals surface area contributed by atoms with E-state index >= 15 is 0 Å². The maximum absolute atomic E-state index is 12.3. The summed E-state index contributed by atoms with van der Waals surface area (Å²) in [6, 6.07) is 15.1. The van der Waals surface area contributed by atoms with Crippen LogP contribution in [0.25, 0.3) is 0 Å². The molecule has 0 aliphatic rings. The zero-order valence-corrected chi connectivity index (χ0v) is 15.6. The van der Waals surface area contributed by atoms with Crippen LogP contribution in [0.3, 0.4) is 0 Å². The molecule has 2 aromatic carbocycles. The van der Waals surface area contributed by atoms with E-state index in [0.717, 1.165) is 0 Å². The van der Waals surface area contributed by atoms with Crippen LogP contribution in [0.2, 0.25) is 0 Å². The summed E-state index contributed by atoms with van der Waals surface area (Å²) in [5.41, 5.74) is 1.33. The average Bonchev–Trinajstić information content (AvgIpc) is 2.67. The highest BCUT2D eigenvalue weighted by molar-refractivity contribution is 5.97. The Morgan fingerprint density at radius 1 is 1.11 bits per heavy atom. The van der Waals surface area contributed by atoms with Gasteiger partial charge in [0.15, 0.2) is 6.10 Å². The molecule has 0 saturated carbocycles. The molecule has 0 spiro atoms. The van der Waals surface area contributed by atoms with Crippen molar-refractivity contribution in [2.24, 2.45) is 5.92 Å². The molecule has 27 heavy (non-hydrogen) atoms. The molecular formula is C21H22N2O4. The lowest BCUT2D eigenvalue weighted by molar-refractivity contribution is -0.123. The minimum atomic E-state index is -0.978. The van der Waals surface area contributed by atoms with E-state index in [1.165, 1.54) is 6.92 Å². The van der Waals surface area contributed by atoms with Crippen LogP contribution in [-0.2, 0) is 9.53 Å². The number of nitriles is 1. The van der Waals surface area contributed by atoms with Gasteiger partial charge in [0.1, 0.15) is 5.75 Å². The number of hydrogen-bond acceptors (Lipinski definition) is 5. The van der Waals surface area contributed by atoms with Gasteiger partial charge in [-0.15, -0.1) is 0 Å². The van der Waals surface area contributed by atoms with Gasteiger partial charge in [-0.2, -0.15) is 5.26 Å². The molecule has 0 bridgehead atoms. The van der Waals surface area contributed by atoms with Gasteiger partial charge in [0.25, 0.3) is 5.91 Å². The number of nitrogens with zero attached hydrogens (tertiary/aromatic N) is 1. The molecule has 0 fully saturated rings. The quantitative estimate of drug-likeness (QED) is 0.754. The second kappa shape index (κ2) is 9.39. The summed E-state index contributed by atoms with van der Waals surface area (Å²) in [6.07, 6.45) is -0.978. The molecule has 6 heteroatoms. The minimum Gasteiger partial charge on any atom is -0.493 e. The first-order valence-electron chi connectivity index (χ1n) is 8.64. The van der Waals surface area contributed by atoms with E-state index in [2.05, 4.69) is 5.32 Å². The van der Waals surface area contributed by atoms with Crippen molar-refractivity contribution < 1.29 is 19.1 Å². The number of benzene rings is 2. The van der Waals surface area contributed by atoms with Crippen LogP contribution in [0.5, 0.6) is 5.75 Å². The van der Waals surface area contributed by atoms with Gasteiger partial charge in [0, 0.05) is 5.69 Å². The number of carbonyl (C=O) groups is 2. The van der Waals surface area contributed by atoms with Gasteiger partial charge in [-0.05, 0) is 55.3 Å². The SMILES string of the molecule is CC(C)COc1cccc(C(=O)O[C@H](C)C(=O)Nc2ccc(C#N)cc2)c1. The number of nitrogens with one attached hydrogen (secondary N) is 1. The summed E-state index contributed by atoms with van der Waals surface area (Å²) < 4.78 is 10.8. The van der Waals surface area contributed by atoms with Gasteiger partial charge >= 0.3 is 5.97 Å². The lowest BCUT2D eigenvalue weighted by Crippen LogP contribution is -2.30. The number of esters is 1. The largest absolute Gasteiger partial charge is 0.493 e. The molecule has 0 aliphatic carbocycles. The molecule has 1 amide bonds. The van der Waals surface area contributed by atoms with E-state index in [0.29, 0.717) is 35.1 Å². The van der Waals surface area contributed by atoms with E-state index in [9.17, 15) is 9.59 Å². The summed E-state index contributed by atoms with van der Waals surface area (Å²) in [5.74, 6) is -0.118. The van der Waals surface area contributed by atoms with Crippen LogP contribution in [0.1, 0.15) is 36.7 Å². The molecule has 6 nitrogen and oxygen atoms in total. The third-order valence-electron chi connectivity index (χ3n) is 3.59. The first kappa shape index (κ1) is 20.0. The van der Waals surface area contributed by atoms with E-state index in [4.69, 9.17) is 14.7 Å². The van der Waals surface area contributed by atoms with E-state index < -0.39 is 18.0 Å². The van der Waals surface area contributed by atoms with Gasteiger partial charge in [-0.25, -0.2) is 4.79 Å². The molecule has 0 aromatic heterocycles. The molecule has 140 valence electrons. The fourth-order valence-corrected chi connectivity index (χ4v) is 2.13. The third kappa shape index (κ3) is 6.15. The Hall–Kier alpha value is -3.33. The highest BCUT2D eigenvalue weighted by Gasteiger charge is 2.19. The predicted octanol–water partition coefficient (Wildman–Crippen LogP) is 3.78. The third-order valence-corrected chi connectivity index (χ3v) is 3.59. The highest BCUT2D eigenvalue weighted by atomic mass is 16.5. The topological polar surface area (TPSA) is 88.4 Å². The second-order valence-electron chi connectivity index (χ2n) is 6.46.